The average Bonchev–Trinajstić information content (AvgIpc) is 3.02. The summed E-state index contributed by atoms with van der Waals surface area (Å²) in [6.07, 6.45) is -1.10. The van der Waals surface area contributed by atoms with E-state index in [0.717, 1.165) is 10.4 Å². The van der Waals surface area contributed by atoms with Crippen LogP contribution in [0.25, 0.3) is 0 Å². The molecule has 1 unspecified atom stereocenters. The van der Waals surface area contributed by atoms with E-state index in [4.69, 9.17) is 0 Å². The standard InChI is InChI=1S/C21H22FN3O6S2/c22-16-7-8-18(23-32(28,29)17-4-2-1-3-5-17)15(12-16)10-14-6-9-19(20(26)11-14)25-13-21(27)24-33(25,30)31/h1-9,11-12,21,23-24,26-27,30-31H,10,13H2. The first-order valence-electron chi connectivity index (χ1n) is 9.74. The van der Waals surface area contributed by atoms with E-state index in [9.17, 15) is 32.1 Å². The lowest BCUT2D eigenvalue weighted by Crippen LogP contribution is -2.25. The fourth-order valence-electron chi connectivity index (χ4n) is 3.50. The number of halogens is 1. The van der Waals surface area contributed by atoms with Crippen molar-refractivity contribution in [2.45, 2.75) is 17.5 Å². The molecule has 0 bridgehead atoms. The predicted molar refractivity (Wildman–Crippen MR) is 124 cm³/mol. The van der Waals surface area contributed by atoms with Gasteiger partial charge in [-0.05, 0) is 60.0 Å². The van der Waals surface area contributed by atoms with Gasteiger partial charge in [-0.1, -0.05) is 35.2 Å². The summed E-state index contributed by atoms with van der Waals surface area (Å²) >= 11 is 0. The second kappa shape index (κ2) is 8.82. The zero-order valence-electron chi connectivity index (χ0n) is 17.1. The summed E-state index contributed by atoms with van der Waals surface area (Å²) in [6.45, 7) is -0.148. The van der Waals surface area contributed by atoms with E-state index in [1.54, 1.807) is 24.3 Å². The monoisotopic (exact) mass is 495 g/mol. The van der Waals surface area contributed by atoms with Crippen LogP contribution in [0.5, 0.6) is 5.75 Å². The SMILES string of the molecule is O=S(=O)(Nc1ccc(F)cc1Cc1ccc(N2CC(O)NS2(O)O)c(O)c1)c1ccccc1. The van der Waals surface area contributed by atoms with E-state index in [0.29, 0.717) is 11.1 Å². The predicted octanol–water partition coefficient (Wildman–Crippen LogP) is 3.23. The lowest BCUT2D eigenvalue weighted by atomic mass is 10.0. The van der Waals surface area contributed by atoms with Crippen LogP contribution in [0.1, 0.15) is 11.1 Å². The number of anilines is 2. The molecule has 1 aliphatic rings. The molecule has 6 N–H and O–H groups in total. The van der Waals surface area contributed by atoms with Gasteiger partial charge in [0.05, 0.1) is 17.1 Å². The van der Waals surface area contributed by atoms with Crippen molar-refractivity contribution in [2.75, 3.05) is 15.6 Å². The highest BCUT2D eigenvalue weighted by molar-refractivity contribution is 8.24. The maximum Gasteiger partial charge on any atom is 0.261 e. The van der Waals surface area contributed by atoms with Crippen LogP contribution >= 0.6 is 11.0 Å². The van der Waals surface area contributed by atoms with Gasteiger partial charge < -0.3 is 10.2 Å². The molecule has 3 aromatic carbocycles. The number of hydrogen-bond donors (Lipinski definition) is 6. The summed E-state index contributed by atoms with van der Waals surface area (Å²) in [5.74, 6) is -0.842. The first-order chi connectivity index (χ1) is 15.5. The van der Waals surface area contributed by atoms with Crippen molar-refractivity contribution in [1.29, 1.82) is 0 Å². The number of aliphatic hydroxyl groups excluding tert-OH is 1. The molecule has 176 valence electrons. The summed E-state index contributed by atoms with van der Waals surface area (Å²) in [5.41, 5.74) is 1.13. The first kappa shape index (κ1) is 23.3. The van der Waals surface area contributed by atoms with Crippen LogP contribution in [0.15, 0.2) is 71.6 Å². The van der Waals surface area contributed by atoms with E-state index >= 15 is 0 Å². The van der Waals surface area contributed by atoms with Crippen molar-refractivity contribution in [2.24, 2.45) is 0 Å². The van der Waals surface area contributed by atoms with Gasteiger partial charge in [-0.25, -0.2) is 12.8 Å². The molecule has 0 aliphatic carbocycles. The van der Waals surface area contributed by atoms with Crippen LogP contribution in [0, 0.1) is 5.82 Å². The molecule has 1 atom stereocenters. The third-order valence-electron chi connectivity index (χ3n) is 5.01. The Morgan fingerprint density at radius 2 is 1.82 bits per heavy atom. The molecule has 0 saturated carbocycles. The number of phenols is 1. The van der Waals surface area contributed by atoms with Gasteiger partial charge in [0.15, 0.2) is 0 Å². The maximum absolute atomic E-state index is 14.0. The second-order valence-electron chi connectivity index (χ2n) is 7.43. The van der Waals surface area contributed by atoms with E-state index in [1.165, 1.54) is 36.4 Å². The number of nitrogens with zero attached hydrogens (tertiary/aromatic N) is 1. The summed E-state index contributed by atoms with van der Waals surface area (Å²) in [4.78, 5) is 0.0580. The third-order valence-corrected chi connectivity index (χ3v) is 7.94. The molecule has 1 aliphatic heterocycles. The van der Waals surface area contributed by atoms with Crippen molar-refractivity contribution in [3.63, 3.8) is 0 Å². The summed E-state index contributed by atoms with van der Waals surface area (Å²) < 4.78 is 65.2. The van der Waals surface area contributed by atoms with Gasteiger partial charge in [-0.2, -0.15) is 4.72 Å². The minimum Gasteiger partial charge on any atom is -0.506 e. The summed E-state index contributed by atoms with van der Waals surface area (Å²) in [6, 6.07) is 15.8. The van der Waals surface area contributed by atoms with Gasteiger partial charge in [0.25, 0.3) is 10.0 Å². The van der Waals surface area contributed by atoms with Crippen molar-refractivity contribution in [1.82, 2.24) is 4.72 Å². The lowest BCUT2D eigenvalue weighted by molar-refractivity contribution is 0.182. The molecule has 12 heteroatoms. The van der Waals surface area contributed by atoms with Gasteiger partial charge >= 0.3 is 0 Å². The number of hydrogen-bond acceptors (Lipinski definition) is 8. The van der Waals surface area contributed by atoms with E-state index in [2.05, 4.69) is 9.44 Å². The molecule has 0 amide bonds. The fourth-order valence-corrected chi connectivity index (χ4v) is 5.97. The third kappa shape index (κ3) is 5.05. The summed E-state index contributed by atoms with van der Waals surface area (Å²) in [5, 5.41) is 20.1. The zero-order valence-corrected chi connectivity index (χ0v) is 18.7. The van der Waals surface area contributed by atoms with E-state index in [-0.39, 0.29) is 35.0 Å². The smallest absolute Gasteiger partial charge is 0.261 e. The molecule has 33 heavy (non-hydrogen) atoms. The Morgan fingerprint density at radius 3 is 2.45 bits per heavy atom. The number of phenolic OH excluding ortho intramolecular Hbond substituents is 1. The highest BCUT2D eigenvalue weighted by atomic mass is 32.3. The number of sulfonamides is 1. The van der Waals surface area contributed by atoms with Gasteiger partial charge in [0.2, 0.25) is 0 Å². The number of nitrogens with one attached hydrogen (secondary N) is 2. The molecule has 3 aromatic rings. The van der Waals surface area contributed by atoms with Gasteiger partial charge in [-0.15, -0.1) is 0 Å². The molecular formula is C21H22FN3O6S2. The fraction of sp³-hybridized carbons (Fsp3) is 0.143. The van der Waals surface area contributed by atoms with Crippen molar-refractivity contribution < 1.29 is 32.1 Å². The number of aliphatic hydroxyl groups is 1. The molecule has 0 spiro atoms. The van der Waals surface area contributed by atoms with Crippen LogP contribution < -0.4 is 13.7 Å². The largest absolute Gasteiger partial charge is 0.506 e. The van der Waals surface area contributed by atoms with Crippen molar-refractivity contribution >= 4 is 32.4 Å². The Balaban J connectivity index is 1.61. The molecule has 0 aromatic heterocycles. The minimum absolute atomic E-state index is 0.0580. The molecule has 9 nitrogen and oxygen atoms in total. The van der Waals surface area contributed by atoms with Crippen molar-refractivity contribution in [3.05, 3.63) is 83.7 Å². The Morgan fingerprint density at radius 1 is 1.09 bits per heavy atom. The average molecular weight is 496 g/mol. The highest BCUT2D eigenvalue weighted by Crippen LogP contribution is 2.49. The molecule has 1 saturated heterocycles. The van der Waals surface area contributed by atoms with Crippen LogP contribution in [-0.4, -0.2) is 40.5 Å². The molecule has 1 fully saturated rings. The quantitative estimate of drug-likeness (QED) is 0.306. The topological polar surface area (TPSA) is 142 Å². The number of benzene rings is 3. The Labute approximate surface area is 191 Å². The second-order valence-corrected chi connectivity index (χ2v) is 10.8. The molecule has 1 heterocycles. The van der Waals surface area contributed by atoms with Gasteiger partial charge in [0.1, 0.15) is 23.5 Å². The van der Waals surface area contributed by atoms with Crippen LogP contribution in [0.2, 0.25) is 0 Å². The Kier molecular flexibility index (Phi) is 6.22. The normalized spacial score (nSPS) is 18.8. The van der Waals surface area contributed by atoms with Crippen LogP contribution in [0.3, 0.4) is 0 Å². The van der Waals surface area contributed by atoms with E-state index < -0.39 is 33.0 Å². The Hall–Kier alpha value is -2.87. The highest BCUT2D eigenvalue weighted by Gasteiger charge is 2.36. The number of rotatable bonds is 6. The van der Waals surface area contributed by atoms with Gasteiger partial charge in [0, 0.05) is 0 Å². The zero-order chi connectivity index (χ0) is 23.8. The van der Waals surface area contributed by atoms with Crippen LogP contribution in [-0.2, 0) is 16.4 Å². The minimum atomic E-state index is -3.90. The lowest BCUT2D eigenvalue weighted by Gasteiger charge is -2.36. The maximum atomic E-state index is 14.0. The van der Waals surface area contributed by atoms with Gasteiger partial charge in [-0.3, -0.25) is 18.1 Å². The molecule has 4 rings (SSSR count). The number of aromatic hydroxyl groups is 1. The summed E-state index contributed by atoms with van der Waals surface area (Å²) in [7, 11) is -7.39. The first-order valence-corrected chi connectivity index (χ1v) is 12.7. The van der Waals surface area contributed by atoms with Crippen LogP contribution in [0.4, 0.5) is 15.8 Å². The molecular weight excluding hydrogens is 473 g/mol. The number of β-amino-alcohol motifs (C(OH)–C–C–N with tert-alkyl or cyclic N) is 1. The van der Waals surface area contributed by atoms with E-state index in [1.807, 2.05) is 0 Å². The molecule has 0 radical (unpaired) electrons. The Bertz CT molecular complexity index is 1270. The van der Waals surface area contributed by atoms with Crippen molar-refractivity contribution in [3.8, 4) is 5.75 Å².